The molecular weight excluding hydrogens is 250 g/mol. The Labute approximate surface area is 111 Å². The van der Waals surface area contributed by atoms with E-state index in [1.54, 1.807) is 0 Å². The first kappa shape index (κ1) is 14.5. The molecule has 0 aromatic carbocycles. The number of carbonyl (C=O) groups excluding carboxylic acids is 2. The summed E-state index contributed by atoms with van der Waals surface area (Å²) in [5, 5.41) is 3.77. The first-order chi connectivity index (χ1) is 8.25. The predicted molar refractivity (Wildman–Crippen MR) is 75.2 cm³/mol. The van der Waals surface area contributed by atoms with Crippen molar-refractivity contribution >= 4 is 33.7 Å². The van der Waals surface area contributed by atoms with Crippen molar-refractivity contribution in [1.82, 2.24) is 0 Å². The third kappa shape index (κ3) is 2.81. The van der Waals surface area contributed by atoms with E-state index in [0.29, 0.717) is 15.8 Å². The number of nitrogens with one attached hydrogen (secondary N) is 1. The van der Waals surface area contributed by atoms with Crippen LogP contribution in [0.2, 0.25) is 0 Å². The van der Waals surface area contributed by atoms with Crippen molar-refractivity contribution in [2.45, 2.75) is 33.7 Å². The number of thiophene rings is 1. The second-order valence-corrected chi connectivity index (χ2v) is 5.67. The summed E-state index contributed by atoms with van der Waals surface area (Å²) >= 11 is 1.18. The SMILES string of the molecule is CC(=O)c1sc(NC(C)C(C)C)c(C(N)=O)c1N. The topological polar surface area (TPSA) is 98.2 Å². The monoisotopic (exact) mass is 269 g/mol. The molecule has 6 heteroatoms. The summed E-state index contributed by atoms with van der Waals surface area (Å²) in [6.45, 7) is 7.54. The summed E-state index contributed by atoms with van der Waals surface area (Å²) in [7, 11) is 0. The summed E-state index contributed by atoms with van der Waals surface area (Å²) in [5.74, 6) is -0.394. The van der Waals surface area contributed by atoms with Crippen LogP contribution in [-0.2, 0) is 0 Å². The molecule has 5 nitrogen and oxygen atoms in total. The van der Waals surface area contributed by atoms with Crippen molar-refractivity contribution in [3.8, 4) is 0 Å². The number of anilines is 2. The van der Waals surface area contributed by atoms with Crippen molar-refractivity contribution < 1.29 is 9.59 Å². The minimum atomic E-state index is -0.616. The van der Waals surface area contributed by atoms with E-state index in [4.69, 9.17) is 11.5 Å². The average Bonchev–Trinajstić information content (AvgIpc) is 2.55. The fourth-order valence-corrected chi connectivity index (χ4v) is 2.54. The number of rotatable bonds is 5. The molecule has 1 rings (SSSR count). The molecule has 0 fully saturated rings. The van der Waals surface area contributed by atoms with E-state index >= 15 is 0 Å². The number of hydrogen-bond donors (Lipinski definition) is 3. The number of Topliss-reactive ketones (excluding diaryl/α,β-unsaturated/α-hetero) is 1. The van der Waals surface area contributed by atoms with Crippen LogP contribution < -0.4 is 16.8 Å². The van der Waals surface area contributed by atoms with Crippen molar-refractivity contribution in [1.29, 1.82) is 0 Å². The maximum Gasteiger partial charge on any atom is 0.253 e. The van der Waals surface area contributed by atoms with E-state index in [9.17, 15) is 9.59 Å². The summed E-state index contributed by atoms with van der Waals surface area (Å²) in [6.07, 6.45) is 0. The van der Waals surface area contributed by atoms with E-state index in [1.165, 1.54) is 18.3 Å². The van der Waals surface area contributed by atoms with Crippen LogP contribution >= 0.6 is 11.3 Å². The summed E-state index contributed by atoms with van der Waals surface area (Å²) in [6, 6.07) is 0.154. The van der Waals surface area contributed by atoms with Crippen molar-refractivity contribution in [2.75, 3.05) is 11.1 Å². The van der Waals surface area contributed by atoms with Gasteiger partial charge in [-0.25, -0.2) is 0 Å². The maximum absolute atomic E-state index is 11.4. The molecule has 18 heavy (non-hydrogen) atoms. The molecule has 5 N–H and O–H groups in total. The molecule has 0 aliphatic rings. The Morgan fingerprint density at radius 1 is 1.28 bits per heavy atom. The van der Waals surface area contributed by atoms with E-state index in [0.717, 1.165) is 0 Å². The molecule has 1 unspecified atom stereocenters. The van der Waals surface area contributed by atoms with Crippen LogP contribution in [-0.4, -0.2) is 17.7 Å². The van der Waals surface area contributed by atoms with Crippen molar-refractivity contribution in [3.05, 3.63) is 10.4 Å². The van der Waals surface area contributed by atoms with Gasteiger partial charge in [0.05, 0.1) is 16.1 Å². The number of carbonyl (C=O) groups is 2. The zero-order valence-electron chi connectivity index (χ0n) is 11.0. The molecule has 1 aromatic heterocycles. The quantitative estimate of drug-likeness (QED) is 0.713. The normalized spacial score (nSPS) is 12.5. The molecule has 0 aliphatic heterocycles. The number of amides is 1. The molecule has 0 bridgehead atoms. The molecule has 0 spiro atoms. The lowest BCUT2D eigenvalue weighted by Crippen LogP contribution is -2.23. The lowest BCUT2D eigenvalue weighted by molar-refractivity contribution is 0.100. The summed E-state index contributed by atoms with van der Waals surface area (Å²) in [5.41, 5.74) is 11.5. The van der Waals surface area contributed by atoms with Gasteiger partial charge in [0.2, 0.25) is 0 Å². The molecular formula is C12H19N3O2S. The highest BCUT2D eigenvalue weighted by Crippen LogP contribution is 2.36. The van der Waals surface area contributed by atoms with E-state index in [-0.39, 0.29) is 23.1 Å². The van der Waals surface area contributed by atoms with Crippen LogP contribution in [0.25, 0.3) is 0 Å². The van der Waals surface area contributed by atoms with E-state index in [1.807, 2.05) is 6.92 Å². The van der Waals surface area contributed by atoms with Crippen molar-refractivity contribution in [2.24, 2.45) is 11.7 Å². The summed E-state index contributed by atoms with van der Waals surface area (Å²) in [4.78, 5) is 23.2. The Bertz CT molecular complexity index is 480. The third-order valence-electron chi connectivity index (χ3n) is 2.87. The van der Waals surface area contributed by atoms with Crippen LogP contribution in [0.3, 0.4) is 0 Å². The Kier molecular flexibility index (Phi) is 4.34. The molecule has 1 amide bonds. The van der Waals surface area contributed by atoms with Gasteiger partial charge >= 0.3 is 0 Å². The number of primary amides is 1. The highest BCUT2D eigenvalue weighted by atomic mass is 32.1. The predicted octanol–water partition coefficient (Wildman–Crippen LogP) is 2.09. The van der Waals surface area contributed by atoms with Crippen molar-refractivity contribution in [3.63, 3.8) is 0 Å². The Morgan fingerprint density at radius 2 is 1.83 bits per heavy atom. The number of nitrogen functional groups attached to an aromatic ring is 1. The standard InChI is InChI=1S/C12H19N3O2S/c1-5(2)6(3)15-12-8(11(14)17)9(13)10(18-12)7(4)16/h5-6,15H,13H2,1-4H3,(H2,14,17). The second kappa shape index (κ2) is 5.39. The molecule has 100 valence electrons. The number of nitrogens with two attached hydrogens (primary N) is 2. The lowest BCUT2D eigenvalue weighted by Gasteiger charge is -2.18. The fourth-order valence-electron chi connectivity index (χ4n) is 1.43. The zero-order valence-corrected chi connectivity index (χ0v) is 11.9. The smallest absolute Gasteiger partial charge is 0.253 e. The largest absolute Gasteiger partial charge is 0.397 e. The lowest BCUT2D eigenvalue weighted by atomic mass is 10.1. The van der Waals surface area contributed by atoms with Crippen LogP contribution in [0.4, 0.5) is 10.7 Å². The van der Waals surface area contributed by atoms with Gasteiger partial charge in [0.25, 0.3) is 5.91 Å². The molecule has 1 atom stereocenters. The number of hydrogen-bond acceptors (Lipinski definition) is 5. The zero-order chi connectivity index (χ0) is 14.0. The number of ketones is 1. The first-order valence-corrected chi connectivity index (χ1v) is 6.56. The molecule has 0 aliphatic carbocycles. The average molecular weight is 269 g/mol. The maximum atomic E-state index is 11.4. The van der Waals surface area contributed by atoms with E-state index in [2.05, 4.69) is 19.2 Å². The first-order valence-electron chi connectivity index (χ1n) is 5.75. The molecule has 0 radical (unpaired) electrons. The molecule has 1 aromatic rings. The van der Waals surface area contributed by atoms with Gasteiger partial charge in [-0.3, -0.25) is 9.59 Å². The van der Waals surface area contributed by atoms with Gasteiger partial charge in [-0.15, -0.1) is 11.3 Å². The van der Waals surface area contributed by atoms with Crippen LogP contribution in [0.15, 0.2) is 0 Å². The van der Waals surface area contributed by atoms with Gasteiger partial charge in [-0.2, -0.15) is 0 Å². The molecule has 1 heterocycles. The van der Waals surface area contributed by atoms with Gasteiger partial charge in [0, 0.05) is 13.0 Å². The highest BCUT2D eigenvalue weighted by Gasteiger charge is 2.23. The van der Waals surface area contributed by atoms with E-state index < -0.39 is 5.91 Å². The Balaban J connectivity index is 3.22. The van der Waals surface area contributed by atoms with Crippen LogP contribution in [0, 0.1) is 5.92 Å². The van der Waals surface area contributed by atoms with Crippen LogP contribution in [0.1, 0.15) is 47.7 Å². The Morgan fingerprint density at radius 3 is 2.22 bits per heavy atom. The van der Waals surface area contributed by atoms with Gasteiger partial charge in [0.1, 0.15) is 5.00 Å². The minimum absolute atomic E-state index is 0.154. The van der Waals surface area contributed by atoms with Crippen LogP contribution in [0.5, 0.6) is 0 Å². The second-order valence-electron chi connectivity index (χ2n) is 4.65. The third-order valence-corrected chi connectivity index (χ3v) is 4.11. The van der Waals surface area contributed by atoms with Gasteiger partial charge in [0.15, 0.2) is 5.78 Å². The molecule has 0 saturated carbocycles. The molecule has 0 saturated heterocycles. The fraction of sp³-hybridized carbons (Fsp3) is 0.500. The van der Waals surface area contributed by atoms with Gasteiger partial charge in [-0.05, 0) is 12.8 Å². The minimum Gasteiger partial charge on any atom is -0.397 e. The summed E-state index contributed by atoms with van der Waals surface area (Å²) < 4.78 is 0. The van der Waals surface area contributed by atoms with Gasteiger partial charge in [-0.1, -0.05) is 13.8 Å². The highest BCUT2D eigenvalue weighted by molar-refractivity contribution is 7.19. The Hall–Kier alpha value is -1.56. The van der Waals surface area contributed by atoms with Gasteiger partial charge < -0.3 is 16.8 Å².